The lowest BCUT2D eigenvalue weighted by molar-refractivity contribution is -0.146. The zero-order valence-corrected chi connectivity index (χ0v) is 33.5. The van der Waals surface area contributed by atoms with Crippen LogP contribution < -0.4 is 5.32 Å². The summed E-state index contributed by atoms with van der Waals surface area (Å²) in [5.74, 6) is -1.40. The Morgan fingerprint density at radius 2 is 1.23 bits per heavy atom. The fourth-order valence-electron chi connectivity index (χ4n) is 10.3. The van der Waals surface area contributed by atoms with E-state index in [2.05, 4.69) is 85.3 Å². The minimum Gasteiger partial charge on any atom is -0.480 e. The van der Waals surface area contributed by atoms with Crippen LogP contribution in [0.25, 0.3) is 43.1 Å². The highest BCUT2D eigenvalue weighted by atomic mass is 32.2. The molecule has 6 aromatic carbocycles. The van der Waals surface area contributed by atoms with Crippen LogP contribution in [0.2, 0.25) is 0 Å². The Morgan fingerprint density at radius 3 is 1.80 bits per heavy atom. The number of imide groups is 1. The summed E-state index contributed by atoms with van der Waals surface area (Å²) < 4.78 is 0. The van der Waals surface area contributed by atoms with Crippen molar-refractivity contribution in [1.82, 2.24) is 20.0 Å². The molecule has 3 amide bonds. The third-order valence-corrected chi connectivity index (χ3v) is 14.2. The largest absolute Gasteiger partial charge is 0.480 e. The third-order valence-electron chi connectivity index (χ3n) is 13.0. The topological polar surface area (TPSA) is 93.2 Å². The van der Waals surface area contributed by atoms with Gasteiger partial charge in [0.2, 0.25) is 0 Å². The molecular weight excluding hydrogens is 717 g/mol. The van der Waals surface area contributed by atoms with Crippen LogP contribution in [-0.2, 0) is 42.2 Å². The summed E-state index contributed by atoms with van der Waals surface area (Å²) in [7, 11) is 0. The molecule has 0 radical (unpaired) electrons. The van der Waals surface area contributed by atoms with Crippen LogP contribution in [0.15, 0.2) is 77.7 Å². The van der Waals surface area contributed by atoms with Crippen LogP contribution in [0.4, 0.5) is 4.79 Å². The number of carboxylic acids is 1. The standard InChI is InChI=1S/C47H50N4O4S/c1-5-32(6-2)49-22-28-14-17-34-35-18-15-30-24-50(33(7-3)8-4)25-31-21-39(43(44(35)41(30)31)36-19-16-29(23-49)40(28)42(34)36)56-26-37-45(52)51(47(55)48-37)38(46(53)54)20-27-12-10-9-11-13-27/h9-19,21,32-33,37-38H,5-8,20,22-26H2,1-4H3,(H,48,55)(H,53,54). The number of urea groups is 1. The van der Waals surface area contributed by atoms with Crippen molar-refractivity contribution in [3.63, 3.8) is 0 Å². The van der Waals surface area contributed by atoms with Crippen LogP contribution in [0, 0.1) is 0 Å². The molecule has 0 bridgehead atoms. The summed E-state index contributed by atoms with van der Waals surface area (Å²) in [5.41, 5.74) is 6.17. The van der Waals surface area contributed by atoms with E-state index in [1.165, 1.54) is 65.3 Å². The summed E-state index contributed by atoms with van der Waals surface area (Å²) in [6.07, 6.45) is 4.48. The molecule has 6 aromatic rings. The Hall–Kier alpha value is -4.70. The molecule has 1 fully saturated rings. The van der Waals surface area contributed by atoms with Crippen LogP contribution in [0.1, 0.15) is 81.2 Å². The van der Waals surface area contributed by atoms with Crippen LogP contribution >= 0.6 is 11.8 Å². The van der Waals surface area contributed by atoms with Crippen molar-refractivity contribution in [2.24, 2.45) is 0 Å². The highest BCUT2D eigenvalue weighted by Gasteiger charge is 2.45. The molecule has 2 unspecified atom stereocenters. The van der Waals surface area contributed by atoms with E-state index in [1.54, 1.807) is 11.8 Å². The number of amides is 3. The van der Waals surface area contributed by atoms with Gasteiger partial charge in [0.15, 0.2) is 0 Å². The molecule has 2 N–H and O–H groups in total. The molecule has 0 aromatic heterocycles. The van der Waals surface area contributed by atoms with Crippen LogP contribution in [-0.4, -0.2) is 67.6 Å². The van der Waals surface area contributed by atoms with Crippen molar-refractivity contribution in [2.75, 3.05) is 5.75 Å². The van der Waals surface area contributed by atoms with E-state index in [0.717, 1.165) is 67.2 Å². The summed E-state index contributed by atoms with van der Waals surface area (Å²) >= 11 is 1.60. The number of benzene rings is 6. The number of thioether (sulfide) groups is 1. The van der Waals surface area contributed by atoms with Gasteiger partial charge in [-0.25, -0.2) is 14.5 Å². The molecule has 3 heterocycles. The monoisotopic (exact) mass is 766 g/mol. The summed E-state index contributed by atoms with van der Waals surface area (Å²) in [4.78, 5) is 47.1. The third kappa shape index (κ3) is 5.93. The van der Waals surface area contributed by atoms with Gasteiger partial charge >= 0.3 is 12.0 Å². The molecule has 0 aliphatic carbocycles. The molecule has 3 aliphatic heterocycles. The maximum atomic E-state index is 14.0. The fraction of sp³-hybridized carbons (Fsp3) is 0.383. The predicted molar refractivity (Wildman–Crippen MR) is 226 cm³/mol. The Morgan fingerprint density at radius 1 is 0.696 bits per heavy atom. The number of rotatable bonds is 13. The van der Waals surface area contributed by atoms with Crippen LogP contribution in [0.5, 0.6) is 0 Å². The number of carboxylic acid groups (broad SMARTS) is 1. The van der Waals surface area contributed by atoms with Gasteiger partial charge < -0.3 is 10.4 Å². The molecule has 1 saturated heterocycles. The first-order valence-electron chi connectivity index (χ1n) is 20.4. The molecule has 288 valence electrons. The fourth-order valence-corrected chi connectivity index (χ4v) is 11.4. The molecule has 56 heavy (non-hydrogen) atoms. The smallest absolute Gasteiger partial charge is 0.327 e. The number of nitrogens with one attached hydrogen (secondary N) is 1. The Balaban J connectivity index is 1.16. The van der Waals surface area contributed by atoms with Gasteiger partial charge in [-0.05, 0) is 97.3 Å². The van der Waals surface area contributed by atoms with Crippen LogP contribution in [0.3, 0.4) is 0 Å². The number of carbonyl (C=O) groups is 3. The van der Waals surface area contributed by atoms with Crippen molar-refractivity contribution in [3.05, 3.63) is 101 Å². The molecule has 9 rings (SSSR count). The lowest BCUT2D eigenvalue weighted by Crippen LogP contribution is -2.47. The predicted octanol–water partition coefficient (Wildman–Crippen LogP) is 9.45. The zero-order valence-electron chi connectivity index (χ0n) is 32.7. The van der Waals surface area contributed by atoms with Crippen molar-refractivity contribution in [2.45, 2.75) is 115 Å². The van der Waals surface area contributed by atoms with E-state index < -0.39 is 30.0 Å². The van der Waals surface area contributed by atoms with Gasteiger partial charge in [0.05, 0.1) is 0 Å². The maximum Gasteiger partial charge on any atom is 0.327 e. The average Bonchev–Trinajstić information content (AvgIpc) is 3.49. The number of hydrogen-bond acceptors (Lipinski definition) is 6. The number of aliphatic carboxylic acids is 1. The van der Waals surface area contributed by atoms with Gasteiger partial charge in [-0.15, -0.1) is 11.8 Å². The van der Waals surface area contributed by atoms with Gasteiger partial charge in [0.1, 0.15) is 12.1 Å². The second kappa shape index (κ2) is 14.7. The molecule has 8 nitrogen and oxygen atoms in total. The normalized spacial score (nSPS) is 18.1. The number of carbonyl (C=O) groups excluding carboxylic acids is 2. The lowest BCUT2D eigenvalue weighted by atomic mass is 9.82. The van der Waals surface area contributed by atoms with Crippen molar-refractivity contribution in [3.8, 4) is 0 Å². The van der Waals surface area contributed by atoms with Gasteiger partial charge in [-0.2, -0.15) is 0 Å². The minimum atomic E-state index is -1.29. The van der Waals surface area contributed by atoms with Gasteiger partial charge in [-0.1, -0.05) is 94.4 Å². The first-order valence-corrected chi connectivity index (χ1v) is 21.4. The highest BCUT2D eigenvalue weighted by Crippen LogP contribution is 2.49. The Bertz CT molecular complexity index is 2500. The second-order valence-electron chi connectivity index (χ2n) is 16.0. The van der Waals surface area contributed by atoms with Crippen molar-refractivity contribution in [1.29, 1.82) is 0 Å². The molecular formula is C47H50N4O4S. The summed E-state index contributed by atoms with van der Waals surface area (Å²) in [6.45, 7) is 12.8. The maximum absolute atomic E-state index is 14.0. The lowest BCUT2D eigenvalue weighted by Gasteiger charge is -2.37. The molecule has 2 atom stereocenters. The molecule has 3 aliphatic rings. The molecule has 9 heteroatoms. The van der Waals surface area contributed by atoms with E-state index in [-0.39, 0.29) is 6.42 Å². The average molecular weight is 767 g/mol. The van der Waals surface area contributed by atoms with Crippen molar-refractivity contribution >= 4 is 72.8 Å². The van der Waals surface area contributed by atoms with Gasteiger partial charge in [0.25, 0.3) is 5.91 Å². The number of hydrogen-bond donors (Lipinski definition) is 2. The first kappa shape index (κ1) is 36.9. The summed E-state index contributed by atoms with van der Waals surface area (Å²) in [6, 6.07) is 23.9. The molecule has 0 spiro atoms. The summed E-state index contributed by atoms with van der Waals surface area (Å²) in [5, 5.41) is 23.4. The molecule has 0 saturated carbocycles. The number of nitrogens with zero attached hydrogens (tertiary/aromatic N) is 3. The van der Waals surface area contributed by atoms with E-state index in [9.17, 15) is 19.5 Å². The van der Waals surface area contributed by atoms with Gasteiger partial charge in [0, 0.05) is 60.7 Å². The van der Waals surface area contributed by atoms with Gasteiger partial charge in [-0.3, -0.25) is 14.6 Å². The minimum absolute atomic E-state index is 0.0498. The van der Waals surface area contributed by atoms with Crippen molar-refractivity contribution < 1.29 is 19.5 Å². The van der Waals surface area contributed by atoms with E-state index in [0.29, 0.717) is 17.8 Å². The second-order valence-corrected chi connectivity index (χ2v) is 17.1. The van der Waals surface area contributed by atoms with E-state index >= 15 is 0 Å². The highest BCUT2D eigenvalue weighted by molar-refractivity contribution is 7.99. The zero-order chi connectivity index (χ0) is 38.8. The van der Waals surface area contributed by atoms with E-state index in [1.807, 2.05) is 30.3 Å². The SMILES string of the molecule is CCC(CC)N1Cc2ccc3c4ccc5c6c(cc(SCC7NC(=O)N(C(Cc8ccccc8)C(=O)O)C7=O)c(c7ccc(c2c37)C1)c64)CN(C(CC)CC)C5. The Kier molecular flexibility index (Phi) is 9.67. The number of fused-ring (bicyclic) bond motifs is 2. The Labute approximate surface area is 332 Å². The quantitative estimate of drug-likeness (QED) is 0.0524. The first-order chi connectivity index (χ1) is 27.2. The van der Waals surface area contributed by atoms with E-state index in [4.69, 9.17) is 0 Å².